The Kier molecular flexibility index (Phi) is 4.96. The summed E-state index contributed by atoms with van der Waals surface area (Å²) in [6.07, 6.45) is 3.33. The fourth-order valence-electron chi connectivity index (χ4n) is 3.20. The van der Waals surface area contributed by atoms with Crippen molar-refractivity contribution in [3.63, 3.8) is 0 Å². The molecule has 0 N–H and O–H groups in total. The third-order valence-corrected chi connectivity index (χ3v) is 8.31. The average molecular weight is 395 g/mol. The van der Waals surface area contributed by atoms with Crippen molar-refractivity contribution in [2.24, 2.45) is 0 Å². The SMILES string of the molecule is CCc1ccc(S(=O)(=O)N2CCc3cnc(N4CCOCC4)nc3C2)s1. The number of fused-ring (bicyclic) bond motifs is 1. The molecular formula is C17H22N4O3S2. The Morgan fingerprint density at radius 2 is 2.04 bits per heavy atom. The molecule has 0 amide bonds. The second-order valence-electron chi connectivity index (χ2n) is 6.40. The van der Waals surface area contributed by atoms with Gasteiger partial charge in [-0.25, -0.2) is 18.4 Å². The first-order valence-corrected chi connectivity index (χ1v) is 11.1. The Morgan fingerprint density at radius 1 is 1.23 bits per heavy atom. The lowest BCUT2D eigenvalue weighted by Gasteiger charge is -2.30. The summed E-state index contributed by atoms with van der Waals surface area (Å²) >= 11 is 1.36. The molecule has 0 unspecified atom stereocenters. The van der Waals surface area contributed by atoms with Gasteiger partial charge in [-0.1, -0.05) is 6.92 Å². The van der Waals surface area contributed by atoms with E-state index in [2.05, 4.69) is 14.9 Å². The number of rotatable bonds is 4. The van der Waals surface area contributed by atoms with Gasteiger partial charge in [0.2, 0.25) is 5.95 Å². The zero-order valence-corrected chi connectivity index (χ0v) is 16.4. The Hall–Kier alpha value is -1.55. The first-order valence-electron chi connectivity index (χ1n) is 8.84. The lowest BCUT2D eigenvalue weighted by Crippen LogP contribution is -2.39. The van der Waals surface area contributed by atoms with Crippen molar-refractivity contribution in [2.45, 2.75) is 30.5 Å². The predicted octanol–water partition coefficient (Wildman–Crippen LogP) is 1.68. The van der Waals surface area contributed by atoms with Gasteiger partial charge in [0.05, 0.1) is 25.5 Å². The molecule has 0 saturated carbocycles. The van der Waals surface area contributed by atoms with Gasteiger partial charge in [-0.3, -0.25) is 0 Å². The smallest absolute Gasteiger partial charge is 0.252 e. The Balaban J connectivity index is 1.58. The highest BCUT2D eigenvalue weighted by atomic mass is 32.2. The number of sulfonamides is 1. The summed E-state index contributed by atoms with van der Waals surface area (Å²) < 4.78 is 33.3. The van der Waals surface area contributed by atoms with Crippen LogP contribution in [0.4, 0.5) is 5.95 Å². The maximum Gasteiger partial charge on any atom is 0.252 e. The highest BCUT2D eigenvalue weighted by molar-refractivity contribution is 7.91. The monoisotopic (exact) mass is 394 g/mol. The molecule has 0 radical (unpaired) electrons. The van der Waals surface area contributed by atoms with Crippen LogP contribution in [0.25, 0.3) is 0 Å². The second-order valence-corrected chi connectivity index (χ2v) is 9.74. The fraction of sp³-hybridized carbons (Fsp3) is 0.529. The minimum absolute atomic E-state index is 0.302. The molecule has 7 nitrogen and oxygen atoms in total. The molecule has 0 aliphatic carbocycles. The third-order valence-electron chi connectivity index (χ3n) is 4.77. The second kappa shape index (κ2) is 7.22. The van der Waals surface area contributed by atoms with Gasteiger partial charge in [-0.15, -0.1) is 11.3 Å². The van der Waals surface area contributed by atoms with Crippen molar-refractivity contribution < 1.29 is 13.2 Å². The standard InChI is InChI=1S/C17H22N4O3S2/c1-2-14-3-4-16(25-14)26(22,23)21-6-5-13-11-18-17(19-15(13)12-21)20-7-9-24-10-8-20/h3-4,11H,2,5-10,12H2,1H3. The van der Waals surface area contributed by atoms with E-state index < -0.39 is 10.0 Å². The highest BCUT2D eigenvalue weighted by Crippen LogP contribution is 2.29. The molecule has 0 atom stereocenters. The molecule has 2 aromatic rings. The van der Waals surface area contributed by atoms with Gasteiger partial charge in [0.1, 0.15) is 4.21 Å². The van der Waals surface area contributed by atoms with Crippen molar-refractivity contribution in [3.05, 3.63) is 34.5 Å². The molecule has 26 heavy (non-hydrogen) atoms. The molecule has 0 bridgehead atoms. The first kappa shape index (κ1) is 17.8. The predicted molar refractivity (Wildman–Crippen MR) is 100 cm³/mol. The normalized spacial score (nSPS) is 18.7. The van der Waals surface area contributed by atoms with E-state index in [1.54, 1.807) is 6.07 Å². The summed E-state index contributed by atoms with van der Waals surface area (Å²) in [7, 11) is -3.47. The third kappa shape index (κ3) is 3.36. The van der Waals surface area contributed by atoms with Crippen molar-refractivity contribution in [1.29, 1.82) is 0 Å². The van der Waals surface area contributed by atoms with Gasteiger partial charge in [0, 0.05) is 30.7 Å². The van der Waals surface area contributed by atoms with Crippen molar-refractivity contribution in [2.75, 3.05) is 37.7 Å². The van der Waals surface area contributed by atoms with Crippen LogP contribution in [0.3, 0.4) is 0 Å². The molecule has 0 spiro atoms. The number of hydrogen-bond donors (Lipinski definition) is 0. The average Bonchev–Trinajstić information content (AvgIpc) is 3.18. The van der Waals surface area contributed by atoms with Gasteiger partial charge in [-0.2, -0.15) is 4.31 Å². The number of nitrogens with zero attached hydrogens (tertiary/aromatic N) is 4. The van der Waals surface area contributed by atoms with Crippen LogP contribution >= 0.6 is 11.3 Å². The fourth-order valence-corrected chi connectivity index (χ4v) is 6.06. The largest absolute Gasteiger partial charge is 0.378 e. The summed E-state index contributed by atoms with van der Waals surface area (Å²) in [5, 5.41) is 0. The van der Waals surface area contributed by atoms with E-state index in [1.165, 1.54) is 15.6 Å². The quantitative estimate of drug-likeness (QED) is 0.785. The summed E-state index contributed by atoms with van der Waals surface area (Å²) in [4.78, 5) is 12.3. The van der Waals surface area contributed by atoms with Crippen LogP contribution in [0.15, 0.2) is 22.5 Å². The van der Waals surface area contributed by atoms with E-state index in [-0.39, 0.29) is 0 Å². The molecule has 2 aromatic heterocycles. The summed E-state index contributed by atoms with van der Waals surface area (Å²) in [6.45, 7) is 5.65. The Labute approximate surface area is 157 Å². The van der Waals surface area contributed by atoms with E-state index in [0.29, 0.717) is 42.9 Å². The topological polar surface area (TPSA) is 75.6 Å². The maximum absolute atomic E-state index is 13.0. The number of aryl methyl sites for hydroxylation is 1. The molecule has 9 heteroatoms. The zero-order chi connectivity index (χ0) is 18.1. The summed E-state index contributed by atoms with van der Waals surface area (Å²) in [6, 6.07) is 3.61. The molecule has 4 heterocycles. The van der Waals surface area contributed by atoms with Crippen LogP contribution in [0.5, 0.6) is 0 Å². The van der Waals surface area contributed by atoms with Crippen molar-refractivity contribution in [1.82, 2.24) is 14.3 Å². The number of anilines is 1. The van der Waals surface area contributed by atoms with Crippen LogP contribution in [-0.4, -0.2) is 55.5 Å². The van der Waals surface area contributed by atoms with E-state index in [1.807, 2.05) is 19.2 Å². The molecule has 4 rings (SSSR count). The van der Waals surface area contributed by atoms with Gasteiger partial charge in [-0.05, 0) is 30.5 Å². The molecule has 2 aliphatic rings. The van der Waals surface area contributed by atoms with Crippen LogP contribution in [0, 0.1) is 0 Å². The lowest BCUT2D eigenvalue weighted by atomic mass is 10.1. The summed E-state index contributed by atoms with van der Waals surface area (Å²) in [5.41, 5.74) is 1.84. The van der Waals surface area contributed by atoms with E-state index in [0.717, 1.165) is 35.6 Å². The van der Waals surface area contributed by atoms with Crippen LogP contribution < -0.4 is 4.90 Å². The number of aromatic nitrogens is 2. The molecule has 2 aliphatic heterocycles. The van der Waals surface area contributed by atoms with Crippen LogP contribution in [0.1, 0.15) is 23.1 Å². The van der Waals surface area contributed by atoms with Gasteiger partial charge >= 0.3 is 0 Å². The minimum atomic E-state index is -3.47. The van der Waals surface area contributed by atoms with Gasteiger partial charge in [0.15, 0.2) is 0 Å². The number of morpholine rings is 1. The van der Waals surface area contributed by atoms with E-state index >= 15 is 0 Å². The molecular weight excluding hydrogens is 372 g/mol. The molecule has 1 saturated heterocycles. The minimum Gasteiger partial charge on any atom is -0.378 e. The Bertz CT molecular complexity index is 891. The van der Waals surface area contributed by atoms with Gasteiger partial charge in [0.25, 0.3) is 10.0 Å². The van der Waals surface area contributed by atoms with Crippen LogP contribution in [0.2, 0.25) is 0 Å². The first-order chi connectivity index (χ1) is 12.6. The lowest BCUT2D eigenvalue weighted by molar-refractivity contribution is 0.122. The maximum atomic E-state index is 13.0. The zero-order valence-electron chi connectivity index (χ0n) is 14.7. The molecule has 140 valence electrons. The summed E-state index contributed by atoms with van der Waals surface area (Å²) in [5.74, 6) is 0.663. The van der Waals surface area contributed by atoms with E-state index in [9.17, 15) is 8.42 Å². The number of ether oxygens (including phenoxy) is 1. The molecule has 0 aromatic carbocycles. The van der Waals surface area contributed by atoms with Crippen molar-refractivity contribution in [3.8, 4) is 0 Å². The van der Waals surface area contributed by atoms with Crippen LogP contribution in [-0.2, 0) is 34.1 Å². The van der Waals surface area contributed by atoms with Gasteiger partial charge < -0.3 is 9.64 Å². The van der Waals surface area contributed by atoms with Crippen molar-refractivity contribution >= 4 is 27.3 Å². The number of hydrogen-bond acceptors (Lipinski definition) is 7. The van der Waals surface area contributed by atoms with E-state index in [4.69, 9.17) is 4.74 Å². The Morgan fingerprint density at radius 3 is 2.77 bits per heavy atom. The highest BCUT2D eigenvalue weighted by Gasteiger charge is 2.31. The molecule has 1 fully saturated rings. The number of thiophene rings is 1.